The fraction of sp³-hybridized carbons (Fsp3) is 0.318. The van der Waals surface area contributed by atoms with E-state index in [1.807, 2.05) is 31.2 Å². The third-order valence-electron chi connectivity index (χ3n) is 3.94. The average Bonchev–Trinajstić information content (AvgIpc) is 3.15. The number of aryl methyl sites for hydroxylation is 1. The predicted octanol–water partition coefficient (Wildman–Crippen LogP) is 4.11. The minimum absolute atomic E-state index is 0.0413. The normalized spacial score (nSPS) is 10.6. The number of hydrogen-bond acceptors (Lipinski definition) is 7. The predicted molar refractivity (Wildman–Crippen MR) is 119 cm³/mol. The third kappa shape index (κ3) is 7.04. The Hall–Kier alpha value is -3.13. The maximum atomic E-state index is 12.3. The molecule has 30 heavy (non-hydrogen) atoms. The van der Waals surface area contributed by atoms with Gasteiger partial charge in [-0.25, -0.2) is 9.59 Å². The molecule has 2 N–H and O–H groups in total. The summed E-state index contributed by atoms with van der Waals surface area (Å²) < 4.78 is 9.90. The highest BCUT2D eigenvalue weighted by Crippen LogP contribution is 2.29. The number of thiophene rings is 1. The van der Waals surface area contributed by atoms with E-state index in [-0.39, 0.29) is 19.1 Å². The fourth-order valence-electron chi connectivity index (χ4n) is 2.49. The van der Waals surface area contributed by atoms with Crippen molar-refractivity contribution >= 4 is 45.9 Å². The minimum atomic E-state index is -0.442. The van der Waals surface area contributed by atoms with E-state index in [0.717, 1.165) is 22.5 Å². The smallest absolute Gasteiger partial charge is 0.341 e. The molecule has 0 bridgehead atoms. The zero-order valence-electron chi connectivity index (χ0n) is 17.3. The quantitative estimate of drug-likeness (QED) is 0.435. The molecule has 0 fully saturated rings. The number of esters is 2. The molecule has 7 nitrogen and oxygen atoms in total. The molecule has 2 rings (SSSR count). The molecule has 1 aromatic carbocycles. The van der Waals surface area contributed by atoms with Gasteiger partial charge in [0.2, 0.25) is 5.91 Å². The summed E-state index contributed by atoms with van der Waals surface area (Å²) in [7, 11) is 0. The lowest BCUT2D eigenvalue weighted by molar-refractivity contribution is -0.137. The lowest BCUT2D eigenvalue weighted by Gasteiger charge is -2.08. The first-order valence-corrected chi connectivity index (χ1v) is 10.6. The molecule has 160 valence electrons. The van der Waals surface area contributed by atoms with Crippen LogP contribution in [0.3, 0.4) is 0 Å². The van der Waals surface area contributed by atoms with Crippen LogP contribution in [-0.4, -0.2) is 37.6 Å². The van der Waals surface area contributed by atoms with Gasteiger partial charge >= 0.3 is 11.9 Å². The van der Waals surface area contributed by atoms with Gasteiger partial charge in [0.1, 0.15) is 5.00 Å². The SMILES string of the molecule is CCOC(=O)/C=C/c1ccc(NCC(=O)Nc2sc(CC)cc2C(=O)OCC)cc1. The highest BCUT2D eigenvalue weighted by atomic mass is 32.1. The Bertz CT molecular complexity index is 903. The second kappa shape index (κ2) is 11.8. The Balaban J connectivity index is 1.93. The summed E-state index contributed by atoms with van der Waals surface area (Å²) in [4.78, 5) is 36.8. The van der Waals surface area contributed by atoms with Crippen LogP contribution in [0.25, 0.3) is 6.08 Å². The monoisotopic (exact) mass is 430 g/mol. The van der Waals surface area contributed by atoms with Crippen molar-refractivity contribution in [3.63, 3.8) is 0 Å². The standard InChI is InChI=1S/C22H26N2O5S/c1-4-17-13-18(22(27)29-6-3)21(30-17)24-19(25)14-23-16-10-7-15(8-11-16)9-12-20(26)28-5-2/h7-13,23H,4-6,14H2,1-3H3,(H,24,25)/b12-9+. The molecule has 0 aliphatic rings. The zero-order valence-corrected chi connectivity index (χ0v) is 18.1. The molecule has 0 spiro atoms. The second-order valence-electron chi connectivity index (χ2n) is 6.14. The summed E-state index contributed by atoms with van der Waals surface area (Å²) in [6, 6.07) is 9.02. The van der Waals surface area contributed by atoms with E-state index >= 15 is 0 Å². The van der Waals surface area contributed by atoms with Crippen molar-refractivity contribution in [2.24, 2.45) is 0 Å². The van der Waals surface area contributed by atoms with Crippen LogP contribution >= 0.6 is 11.3 Å². The Labute approximate surface area is 180 Å². The lowest BCUT2D eigenvalue weighted by Crippen LogP contribution is -2.22. The molecule has 0 saturated heterocycles. The largest absolute Gasteiger partial charge is 0.463 e. The molecule has 0 unspecified atom stereocenters. The molecule has 2 aromatic rings. The molecule has 1 heterocycles. The van der Waals surface area contributed by atoms with Crippen LogP contribution in [0.1, 0.15) is 41.6 Å². The van der Waals surface area contributed by atoms with E-state index in [4.69, 9.17) is 9.47 Å². The van der Waals surface area contributed by atoms with Crippen LogP contribution < -0.4 is 10.6 Å². The first-order valence-electron chi connectivity index (χ1n) is 9.75. The van der Waals surface area contributed by atoms with E-state index in [1.54, 1.807) is 26.0 Å². The van der Waals surface area contributed by atoms with Gasteiger partial charge in [-0.3, -0.25) is 4.79 Å². The van der Waals surface area contributed by atoms with Crippen molar-refractivity contribution in [2.45, 2.75) is 27.2 Å². The number of hydrogen-bond donors (Lipinski definition) is 2. The van der Waals surface area contributed by atoms with Gasteiger partial charge in [-0.05, 0) is 50.1 Å². The topological polar surface area (TPSA) is 93.7 Å². The van der Waals surface area contributed by atoms with Crippen LogP contribution in [0.5, 0.6) is 0 Å². The molecule has 0 radical (unpaired) electrons. The molecule has 1 amide bonds. The second-order valence-corrected chi connectivity index (χ2v) is 7.28. The van der Waals surface area contributed by atoms with Gasteiger partial charge in [0.25, 0.3) is 0 Å². The summed E-state index contributed by atoms with van der Waals surface area (Å²) in [5.41, 5.74) is 1.97. The number of amides is 1. The number of rotatable bonds is 10. The van der Waals surface area contributed by atoms with Crippen LogP contribution in [0.15, 0.2) is 36.4 Å². The molecule has 0 aliphatic carbocycles. The first-order chi connectivity index (χ1) is 14.5. The molecule has 1 aromatic heterocycles. The highest BCUT2D eigenvalue weighted by molar-refractivity contribution is 7.16. The van der Waals surface area contributed by atoms with Crippen molar-refractivity contribution in [3.8, 4) is 0 Å². The van der Waals surface area contributed by atoms with E-state index < -0.39 is 11.9 Å². The van der Waals surface area contributed by atoms with Crippen LogP contribution in [-0.2, 0) is 25.5 Å². The maximum absolute atomic E-state index is 12.3. The number of anilines is 2. The van der Waals surface area contributed by atoms with Gasteiger partial charge in [-0.15, -0.1) is 11.3 Å². The van der Waals surface area contributed by atoms with Crippen molar-refractivity contribution in [3.05, 3.63) is 52.4 Å². The number of ether oxygens (including phenoxy) is 2. The van der Waals surface area contributed by atoms with Crippen molar-refractivity contribution in [1.82, 2.24) is 0 Å². The Morgan fingerprint density at radius 2 is 1.73 bits per heavy atom. The average molecular weight is 431 g/mol. The van der Waals surface area contributed by atoms with Crippen LogP contribution in [0.4, 0.5) is 10.7 Å². The first kappa shape index (κ1) is 23.2. The van der Waals surface area contributed by atoms with E-state index in [2.05, 4.69) is 10.6 Å². The number of benzene rings is 1. The van der Waals surface area contributed by atoms with Gasteiger partial charge in [-0.1, -0.05) is 19.1 Å². The Morgan fingerprint density at radius 1 is 1.03 bits per heavy atom. The third-order valence-corrected chi connectivity index (χ3v) is 5.14. The number of nitrogens with one attached hydrogen (secondary N) is 2. The molecular formula is C22H26N2O5S. The van der Waals surface area contributed by atoms with Crippen LogP contribution in [0.2, 0.25) is 0 Å². The summed E-state index contributed by atoms with van der Waals surface area (Å²) in [6.07, 6.45) is 3.79. The van der Waals surface area contributed by atoms with E-state index in [9.17, 15) is 14.4 Å². The fourth-order valence-corrected chi connectivity index (χ4v) is 3.49. The van der Waals surface area contributed by atoms with E-state index in [0.29, 0.717) is 17.2 Å². The number of carbonyl (C=O) groups is 3. The summed E-state index contributed by atoms with van der Waals surface area (Å²) in [6.45, 7) is 6.13. The Kier molecular flexibility index (Phi) is 9.08. The van der Waals surface area contributed by atoms with Gasteiger partial charge in [0.15, 0.2) is 0 Å². The Morgan fingerprint density at radius 3 is 2.37 bits per heavy atom. The molecule has 0 aliphatic heterocycles. The molecular weight excluding hydrogens is 404 g/mol. The zero-order chi connectivity index (χ0) is 21.9. The van der Waals surface area contributed by atoms with Gasteiger partial charge in [0, 0.05) is 16.6 Å². The molecule has 0 saturated carbocycles. The van der Waals surface area contributed by atoms with Crippen molar-refractivity contribution in [2.75, 3.05) is 30.4 Å². The molecule has 8 heteroatoms. The minimum Gasteiger partial charge on any atom is -0.463 e. The van der Waals surface area contributed by atoms with Crippen molar-refractivity contribution < 1.29 is 23.9 Å². The van der Waals surface area contributed by atoms with Gasteiger partial charge in [0.05, 0.1) is 25.3 Å². The number of carbonyl (C=O) groups excluding carboxylic acids is 3. The van der Waals surface area contributed by atoms with Gasteiger partial charge in [-0.2, -0.15) is 0 Å². The van der Waals surface area contributed by atoms with Gasteiger partial charge < -0.3 is 20.1 Å². The lowest BCUT2D eigenvalue weighted by atomic mass is 10.2. The molecule has 0 atom stereocenters. The summed E-state index contributed by atoms with van der Waals surface area (Å²) >= 11 is 1.37. The van der Waals surface area contributed by atoms with E-state index in [1.165, 1.54) is 17.4 Å². The summed E-state index contributed by atoms with van der Waals surface area (Å²) in [5, 5.41) is 6.31. The van der Waals surface area contributed by atoms with Crippen LogP contribution in [0, 0.1) is 0 Å². The summed E-state index contributed by atoms with van der Waals surface area (Å²) in [5.74, 6) is -1.10. The highest BCUT2D eigenvalue weighted by Gasteiger charge is 2.18. The van der Waals surface area contributed by atoms with Crippen molar-refractivity contribution in [1.29, 1.82) is 0 Å². The maximum Gasteiger partial charge on any atom is 0.341 e.